The van der Waals surface area contributed by atoms with Gasteiger partial charge in [0.25, 0.3) is 0 Å². The SMILES string of the molecule is Fc1ccc(-c2csc3ncnc(NCC(C4CCOC4)N4CCOCC4)c23)cc1. The van der Waals surface area contributed by atoms with E-state index in [0.717, 1.165) is 79.6 Å². The molecule has 1 N–H and O–H groups in total. The summed E-state index contributed by atoms with van der Waals surface area (Å²) in [6.45, 7) is 5.88. The number of benzene rings is 1. The topological polar surface area (TPSA) is 59.5 Å². The molecule has 6 nitrogen and oxygen atoms in total. The highest BCUT2D eigenvalue weighted by molar-refractivity contribution is 7.17. The molecule has 2 saturated heterocycles. The lowest BCUT2D eigenvalue weighted by Crippen LogP contribution is -2.50. The van der Waals surface area contributed by atoms with Gasteiger partial charge in [-0.15, -0.1) is 11.3 Å². The van der Waals surface area contributed by atoms with Gasteiger partial charge in [-0.1, -0.05) is 12.1 Å². The molecule has 4 heterocycles. The first-order valence-electron chi connectivity index (χ1n) is 10.4. The van der Waals surface area contributed by atoms with Crippen LogP contribution < -0.4 is 5.32 Å². The van der Waals surface area contributed by atoms with Crippen molar-refractivity contribution < 1.29 is 13.9 Å². The van der Waals surface area contributed by atoms with Crippen molar-refractivity contribution in [3.05, 3.63) is 41.8 Å². The number of hydrogen-bond acceptors (Lipinski definition) is 7. The quantitative estimate of drug-likeness (QED) is 0.647. The Morgan fingerprint density at radius 2 is 1.97 bits per heavy atom. The first-order valence-corrected chi connectivity index (χ1v) is 11.3. The van der Waals surface area contributed by atoms with Gasteiger partial charge in [-0.3, -0.25) is 4.90 Å². The maximum Gasteiger partial charge on any atom is 0.138 e. The van der Waals surface area contributed by atoms with Crippen LogP contribution in [0.5, 0.6) is 0 Å². The second-order valence-corrected chi connectivity index (χ2v) is 8.64. The maximum atomic E-state index is 13.4. The maximum absolute atomic E-state index is 13.4. The Morgan fingerprint density at radius 1 is 1.13 bits per heavy atom. The van der Waals surface area contributed by atoms with Crippen molar-refractivity contribution in [1.82, 2.24) is 14.9 Å². The van der Waals surface area contributed by atoms with Crippen LogP contribution in [0.25, 0.3) is 21.3 Å². The molecule has 2 fully saturated rings. The van der Waals surface area contributed by atoms with Crippen LogP contribution in [0, 0.1) is 11.7 Å². The monoisotopic (exact) mass is 428 g/mol. The van der Waals surface area contributed by atoms with Gasteiger partial charge in [-0.2, -0.15) is 0 Å². The van der Waals surface area contributed by atoms with Gasteiger partial charge in [0.1, 0.15) is 22.8 Å². The largest absolute Gasteiger partial charge is 0.381 e. The Kier molecular flexibility index (Phi) is 5.90. The number of anilines is 1. The van der Waals surface area contributed by atoms with Crippen LogP contribution in [-0.2, 0) is 9.47 Å². The Labute approximate surface area is 179 Å². The van der Waals surface area contributed by atoms with Gasteiger partial charge in [-0.25, -0.2) is 14.4 Å². The smallest absolute Gasteiger partial charge is 0.138 e. The van der Waals surface area contributed by atoms with Crippen LogP contribution in [0.3, 0.4) is 0 Å². The van der Waals surface area contributed by atoms with Crippen molar-refractivity contribution >= 4 is 27.4 Å². The molecule has 158 valence electrons. The van der Waals surface area contributed by atoms with Crippen molar-refractivity contribution in [2.24, 2.45) is 5.92 Å². The first-order chi connectivity index (χ1) is 14.8. The molecule has 1 aromatic carbocycles. The molecule has 0 aliphatic carbocycles. The number of morpholine rings is 1. The Balaban J connectivity index is 1.42. The molecular weight excluding hydrogens is 403 g/mol. The highest BCUT2D eigenvalue weighted by Gasteiger charge is 2.31. The summed E-state index contributed by atoms with van der Waals surface area (Å²) < 4.78 is 24.6. The van der Waals surface area contributed by atoms with Crippen LogP contribution in [0.2, 0.25) is 0 Å². The molecule has 0 saturated carbocycles. The second kappa shape index (κ2) is 8.93. The number of thiophene rings is 1. The third kappa shape index (κ3) is 4.05. The highest BCUT2D eigenvalue weighted by Crippen LogP contribution is 2.36. The average molecular weight is 429 g/mol. The van der Waals surface area contributed by atoms with Crippen LogP contribution >= 0.6 is 11.3 Å². The van der Waals surface area contributed by atoms with E-state index in [1.165, 1.54) is 12.1 Å². The summed E-state index contributed by atoms with van der Waals surface area (Å²) in [4.78, 5) is 12.5. The van der Waals surface area contributed by atoms with Crippen molar-refractivity contribution in [3.8, 4) is 11.1 Å². The lowest BCUT2D eigenvalue weighted by atomic mass is 9.96. The molecule has 0 bridgehead atoms. The summed E-state index contributed by atoms with van der Waals surface area (Å²) in [7, 11) is 0. The molecule has 5 rings (SSSR count). The number of hydrogen-bond donors (Lipinski definition) is 1. The van der Waals surface area contributed by atoms with Crippen LogP contribution in [-0.4, -0.2) is 67.0 Å². The summed E-state index contributed by atoms with van der Waals surface area (Å²) in [5, 5.41) is 6.68. The number of rotatable bonds is 6. The molecule has 0 radical (unpaired) electrons. The van der Waals surface area contributed by atoms with Gasteiger partial charge in [-0.05, 0) is 24.1 Å². The Bertz CT molecular complexity index is 984. The molecule has 2 unspecified atom stereocenters. The van der Waals surface area contributed by atoms with E-state index >= 15 is 0 Å². The van der Waals surface area contributed by atoms with Crippen molar-refractivity contribution in [1.29, 1.82) is 0 Å². The fraction of sp³-hybridized carbons (Fsp3) is 0.455. The number of aromatic nitrogens is 2. The first kappa shape index (κ1) is 19.8. The molecule has 0 spiro atoms. The third-order valence-electron chi connectivity index (χ3n) is 6.03. The molecule has 2 atom stereocenters. The number of nitrogens with zero attached hydrogens (tertiary/aromatic N) is 3. The zero-order chi connectivity index (χ0) is 20.3. The van der Waals surface area contributed by atoms with E-state index in [2.05, 4.69) is 25.6 Å². The standard InChI is InChI=1S/C22H25FN4O2S/c23-17-3-1-15(2-4-17)18-13-30-22-20(18)21(25-14-26-22)24-11-19(16-5-8-29-12-16)27-6-9-28-10-7-27/h1-4,13-14,16,19H,5-12H2,(H,24,25,26). The Morgan fingerprint density at radius 3 is 2.73 bits per heavy atom. The van der Waals surface area contributed by atoms with Gasteiger partial charge in [0.2, 0.25) is 0 Å². The van der Waals surface area contributed by atoms with E-state index in [0.29, 0.717) is 12.0 Å². The van der Waals surface area contributed by atoms with Crippen LogP contribution in [0.4, 0.5) is 10.2 Å². The van der Waals surface area contributed by atoms with Gasteiger partial charge in [0, 0.05) is 49.1 Å². The van der Waals surface area contributed by atoms with Crippen LogP contribution in [0.15, 0.2) is 36.0 Å². The molecule has 30 heavy (non-hydrogen) atoms. The van der Waals surface area contributed by atoms with Crippen molar-refractivity contribution in [2.45, 2.75) is 12.5 Å². The van der Waals surface area contributed by atoms with Gasteiger partial charge < -0.3 is 14.8 Å². The minimum Gasteiger partial charge on any atom is -0.381 e. The number of fused-ring (bicyclic) bond motifs is 1. The lowest BCUT2D eigenvalue weighted by Gasteiger charge is -2.37. The predicted molar refractivity (Wildman–Crippen MR) is 116 cm³/mol. The number of nitrogens with one attached hydrogen (secondary N) is 1. The van der Waals surface area contributed by atoms with E-state index in [4.69, 9.17) is 9.47 Å². The van der Waals surface area contributed by atoms with Gasteiger partial charge in [0.15, 0.2) is 0 Å². The summed E-state index contributed by atoms with van der Waals surface area (Å²) in [6.07, 6.45) is 2.69. The van der Waals surface area contributed by atoms with E-state index in [1.54, 1.807) is 29.8 Å². The van der Waals surface area contributed by atoms with E-state index in [9.17, 15) is 4.39 Å². The predicted octanol–water partition coefficient (Wildman–Crippen LogP) is 3.65. The minimum absolute atomic E-state index is 0.236. The fourth-order valence-electron chi connectivity index (χ4n) is 4.41. The van der Waals surface area contributed by atoms with Gasteiger partial charge >= 0.3 is 0 Å². The zero-order valence-corrected chi connectivity index (χ0v) is 17.5. The number of halogens is 1. The second-order valence-electron chi connectivity index (χ2n) is 7.78. The Hall–Kier alpha value is -2.13. The summed E-state index contributed by atoms with van der Waals surface area (Å²) >= 11 is 1.58. The minimum atomic E-state index is -0.236. The summed E-state index contributed by atoms with van der Waals surface area (Å²) in [6, 6.07) is 6.96. The molecule has 8 heteroatoms. The number of ether oxygens (including phenoxy) is 2. The molecule has 2 aliphatic rings. The molecule has 0 amide bonds. The third-order valence-corrected chi connectivity index (χ3v) is 6.91. The van der Waals surface area contributed by atoms with Crippen molar-refractivity contribution in [3.63, 3.8) is 0 Å². The summed E-state index contributed by atoms with van der Waals surface area (Å²) in [5.74, 6) is 1.10. The molecule has 3 aromatic rings. The fourth-order valence-corrected chi connectivity index (χ4v) is 5.33. The zero-order valence-electron chi connectivity index (χ0n) is 16.7. The molecule has 2 aromatic heterocycles. The normalized spacial score (nSPS) is 21.2. The van der Waals surface area contributed by atoms with E-state index in [1.807, 2.05) is 0 Å². The molecule has 2 aliphatic heterocycles. The summed E-state index contributed by atoms with van der Waals surface area (Å²) in [5.41, 5.74) is 2.00. The highest BCUT2D eigenvalue weighted by atomic mass is 32.1. The van der Waals surface area contributed by atoms with Crippen molar-refractivity contribution in [2.75, 3.05) is 51.4 Å². The van der Waals surface area contributed by atoms with Gasteiger partial charge in [0.05, 0.1) is 25.2 Å². The van der Waals surface area contributed by atoms with Crippen LogP contribution in [0.1, 0.15) is 6.42 Å². The van der Waals surface area contributed by atoms with E-state index < -0.39 is 0 Å². The van der Waals surface area contributed by atoms with E-state index in [-0.39, 0.29) is 5.82 Å². The molecular formula is C22H25FN4O2S. The average Bonchev–Trinajstić information content (AvgIpc) is 3.46. The lowest BCUT2D eigenvalue weighted by molar-refractivity contribution is 0.00460.